The number of halogens is 2. The zero-order valence-electron chi connectivity index (χ0n) is 14.7. The van der Waals surface area contributed by atoms with Crippen molar-refractivity contribution in [1.82, 2.24) is 4.98 Å². The quantitative estimate of drug-likeness (QED) is 0.579. The molecule has 0 bridgehead atoms. The van der Waals surface area contributed by atoms with Gasteiger partial charge in [0.05, 0.1) is 23.4 Å². The second-order valence-electron chi connectivity index (χ2n) is 6.74. The number of hydrogen-bond acceptors (Lipinski definition) is 4. The molecular weight excluding hydrogens is 345 g/mol. The Balaban J connectivity index is 2.75. The first kappa shape index (κ1) is 19.1. The maximum absolute atomic E-state index is 14.5. The van der Waals surface area contributed by atoms with E-state index in [2.05, 4.69) is 9.72 Å². The molecule has 0 saturated carbocycles. The van der Waals surface area contributed by atoms with Gasteiger partial charge in [0.2, 0.25) is 0 Å². The van der Waals surface area contributed by atoms with Crippen LogP contribution in [-0.4, -0.2) is 23.8 Å². The number of nitrogens with zero attached hydrogens (tertiary/aromatic N) is 1. The van der Waals surface area contributed by atoms with Crippen LogP contribution in [0.25, 0.3) is 11.3 Å². The summed E-state index contributed by atoms with van der Waals surface area (Å²) in [5.74, 6) is -1.54. The van der Waals surface area contributed by atoms with Crippen LogP contribution in [0, 0.1) is 5.82 Å². The van der Waals surface area contributed by atoms with E-state index < -0.39 is 11.8 Å². The van der Waals surface area contributed by atoms with Gasteiger partial charge in [0, 0.05) is 12.5 Å². The largest absolute Gasteiger partial charge is 0.465 e. The lowest BCUT2D eigenvalue weighted by Crippen LogP contribution is -2.14. The van der Waals surface area contributed by atoms with Gasteiger partial charge in [-0.05, 0) is 35.2 Å². The van der Waals surface area contributed by atoms with Crippen LogP contribution in [0.2, 0.25) is 5.02 Å². The number of carbonyl (C=O) groups excluding carboxylic acids is 2. The van der Waals surface area contributed by atoms with E-state index in [1.54, 1.807) is 12.1 Å². The highest BCUT2D eigenvalue weighted by atomic mass is 35.5. The highest BCUT2D eigenvalue weighted by molar-refractivity contribution is 6.33. The fourth-order valence-electron chi connectivity index (χ4n) is 2.29. The molecule has 0 spiro atoms. The third-order valence-electron chi connectivity index (χ3n) is 3.79. The van der Waals surface area contributed by atoms with Crippen molar-refractivity contribution in [3.63, 3.8) is 0 Å². The van der Waals surface area contributed by atoms with Crippen LogP contribution in [0.5, 0.6) is 0 Å². The van der Waals surface area contributed by atoms with Gasteiger partial charge in [0.1, 0.15) is 11.5 Å². The Bertz CT molecular complexity index is 856. The molecule has 0 N–H and O–H groups in total. The lowest BCUT2D eigenvalue weighted by atomic mass is 9.86. The van der Waals surface area contributed by atoms with Crippen LogP contribution < -0.4 is 0 Å². The summed E-state index contributed by atoms with van der Waals surface area (Å²) < 4.78 is 19.2. The van der Waals surface area contributed by atoms with Crippen LogP contribution in [0.4, 0.5) is 4.39 Å². The van der Waals surface area contributed by atoms with Crippen LogP contribution >= 0.6 is 11.6 Å². The first-order valence-electron chi connectivity index (χ1n) is 7.66. The molecule has 0 aliphatic carbocycles. The van der Waals surface area contributed by atoms with Crippen molar-refractivity contribution < 1.29 is 18.7 Å². The number of ether oxygens (including phenoxy) is 1. The van der Waals surface area contributed by atoms with E-state index in [4.69, 9.17) is 11.6 Å². The van der Waals surface area contributed by atoms with E-state index >= 15 is 0 Å². The zero-order chi connectivity index (χ0) is 18.9. The van der Waals surface area contributed by atoms with Gasteiger partial charge < -0.3 is 4.74 Å². The lowest BCUT2D eigenvalue weighted by Gasteiger charge is -2.21. The number of rotatable bonds is 3. The highest BCUT2D eigenvalue weighted by Crippen LogP contribution is 2.31. The zero-order valence-corrected chi connectivity index (χ0v) is 15.5. The van der Waals surface area contributed by atoms with E-state index in [9.17, 15) is 14.0 Å². The number of pyridine rings is 1. The number of ketones is 1. The molecule has 132 valence electrons. The first-order chi connectivity index (χ1) is 11.5. The standard InChI is InChI=1S/C19H19ClFNO3/c1-10(23)16-6-11(19(2,3)4)7-17(22-16)13-8-12(18(24)25-5)14(20)9-15(13)21/h6-9H,1-5H3. The molecule has 2 rings (SSSR count). The summed E-state index contributed by atoms with van der Waals surface area (Å²) in [5.41, 5.74) is 1.17. The van der Waals surface area contributed by atoms with Crippen molar-refractivity contribution in [2.75, 3.05) is 7.11 Å². The Morgan fingerprint density at radius 1 is 1.16 bits per heavy atom. The Morgan fingerprint density at radius 2 is 1.80 bits per heavy atom. The number of methoxy groups -OCH3 is 1. The molecule has 4 nitrogen and oxygen atoms in total. The molecule has 0 saturated heterocycles. The number of benzene rings is 1. The van der Waals surface area contributed by atoms with Gasteiger partial charge in [0.25, 0.3) is 0 Å². The Morgan fingerprint density at radius 3 is 2.32 bits per heavy atom. The van der Waals surface area contributed by atoms with Crippen LogP contribution in [0.15, 0.2) is 24.3 Å². The molecule has 1 aromatic heterocycles. The van der Waals surface area contributed by atoms with Gasteiger partial charge in [0.15, 0.2) is 5.78 Å². The summed E-state index contributed by atoms with van der Waals surface area (Å²) >= 11 is 5.93. The predicted molar refractivity (Wildman–Crippen MR) is 94.7 cm³/mol. The van der Waals surface area contributed by atoms with Gasteiger partial charge in [-0.2, -0.15) is 0 Å². The molecule has 0 radical (unpaired) electrons. The van der Waals surface area contributed by atoms with Crippen molar-refractivity contribution in [2.45, 2.75) is 33.1 Å². The van der Waals surface area contributed by atoms with E-state index in [1.807, 2.05) is 20.8 Å². The fourth-order valence-corrected chi connectivity index (χ4v) is 2.52. The minimum Gasteiger partial charge on any atom is -0.465 e. The number of Topliss-reactive ketones (excluding diaryl/α,β-unsaturated/α-hetero) is 1. The Kier molecular flexibility index (Phi) is 5.28. The Hall–Kier alpha value is -2.27. The summed E-state index contributed by atoms with van der Waals surface area (Å²) in [5, 5.41) is -0.0492. The maximum atomic E-state index is 14.5. The average Bonchev–Trinajstić information content (AvgIpc) is 2.53. The van der Waals surface area contributed by atoms with Gasteiger partial charge in [-0.25, -0.2) is 14.2 Å². The van der Waals surface area contributed by atoms with E-state index in [0.717, 1.165) is 11.6 Å². The van der Waals surface area contributed by atoms with E-state index in [0.29, 0.717) is 0 Å². The Labute approximate surface area is 151 Å². The van der Waals surface area contributed by atoms with Crippen molar-refractivity contribution >= 4 is 23.4 Å². The lowest BCUT2D eigenvalue weighted by molar-refractivity contribution is 0.0600. The van der Waals surface area contributed by atoms with Crippen LogP contribution in [0.3, 0.4) is 0 Å². The van der Waals surface area contributed by atoms with Crippen molar-refractivity contribution in [1.29, 1.82) is 0 Å². The van der Waals surface area contributed by atoms with Gasteiger partial charge in [-0.1, -0.05) is 32.4 Å². The molecule has 1 heterocycles. The first-order valence-corrected chi connectivity index (χ1v) is 8.03. The molecule has 0 amide bonds. The van der Waals surface area contributed by atoms with E-state index in [1.165, 1.54) is 20.1 Å². The monoisotopic (exact) mass is 363 g/mol. The molecule has 2 aromatic rings. The second-order valence-corrected chi connectivity index (χ2v) is 7.14. The topological polar surface area (TPSA) is 56.3 Å². The summed E-state index contributed by atoms with van der Waals surface area (Å²) in [7, 11) is 1.22. The highest BCUT2D eigenvalue weighted by Gasteiger charge is 2.21. The summed E-state index contributed by atoms with van der Waals surface area (Å²) in [4.78, 5) is 27.9. The van der Waals surface area contributed by atoms with Gasteiger partial charge in [-0.15, -0.1) is 0 Å². The minimum atomic E-state index is -0.676. The number of carbonyl (C=O) groups is 2. The minimum absolute atomic E-state index is 0.0351. The molecule has 0 fully saturated rings. The summed E-state index contributed by atoms with van der Waals surface area (Å²) in [6.45, 7) is 7.34. The smallest absolute Gasteiger partial charge is 0.339 e. The third-order valence-corrected chi connectivity index (χ3v) is 4.10. The summed E-state index contributed by atoms with van der Waals surface area (Å²) in [6, 6.07) is 5.74. The van der Waals surface area contributed by atoms with Crippen LogP contribution in [0.1, 0.15) is 54.1 Å². The summed E-state index contributed by atoms with van der Waals surface area (Å²) in [6.07, 6.45) is 0. The maximum Gasteiger partial charge on any atom is 0.339 e. The SMILES string of the molecule is COC(=O)c1cc(-c2cc(C(C)(C)C)cc(C(C)=O)n2)c(F)cc1Cl. The number of esters is 1. The molecule has 0 unspecified atom stereocenters. The third kappa shape index (κ3) is 4.04. The van der Waals surface area contributed by atoms with Gasteiger partial charge >= 0.3 is 5.97 Å². The molecular formula is C19H19ClFNO3. The molecule has 25 heavy (non-hydrogen) atoms. The normalized spacial score (nSPS) is 11.3. The van der Waals surface area contributed by atoms with Crippen molar-refractivity contribution in [3.8, 4) is 11.3 Å². The van der Waals surface area contributed by atoms with E-state index in [-0.39, 0.29) is 38.7 Å². The van der Waals surface area contributed by atoms with Crippen molar-refractivity contribution in [3.05, 3.63) is 51.9 Å². The molecule has 0 aliphatic rings. The predicted octanol–water partition coefficient (Wildman–Crippen LogP) is 4.83. The number of aromatic nitrogens is 1. The second kappa shape index (κ2) is 6.92. The van der Waals surface area contributed by atoms with Crippen LogP contribution in [-0.2, 0) is 10.2 Å². The molecule has 0 atom stereocenters. The van der Waals surface area contributed by atoms with Gasteiger partial charge in [-0.3, -0.25) is 4.79 Å². The molecule has 6 heteroatoms. The molecule has 0 aliphatic heterocycles. The fraction of sp³-hybridized carbons (Fsp3) is 0.316. The van der Waals surface area contributed by atoms with Crippen molar-refractivity contribution in [2.24, 2.45) is 0 Å². The molecule has 1 aromatic carbocycles. The average molecular weight is 364 g/mol. The number of hydrogen-bond donors (Lipinski definition) is 0.